The molecule has 1 saturated carbocycles. The van der Waals surface area contributed by atoms with Gasteiger partial charge in [0.1, 0.15) is 0 Å². The molecular weight excluding hydrogens is 228 g/mol. The number of carbonyl (C=O) groups is 1. The van der Waals surface area contributed by atoms with E-state index in [0.29, 0.717) is 24.6 Å². The van der Waals surface area contributed by atoms with Gasteiger partial charge >= 0.3 is 0 Å². The summed E-state index contributed by atoms with van der Waals surface area (Å²) in [4.78, 5) is 14.4. The molecule has 0 aliphatic heterocycles. The molecule has 0 saturated heterocycles. The highest BCUT2D eigenvalue weighted by Crippen LogP contribution is 2.29. The fourth-order valence-corrected chi connectivity index (χ4v) is 2.81. The number of nitrogens with zero attached hydrogens (tertiary/aromatic N) is 3. The third-order valence-corrected chi connectivity index (χ3v) is 3.75. The quantitative estimate of drug-likeness (QED) is 0.865. The molecule has 98 valence electrons. The molecule has 1 heterocycles. The number of nitrogens with two attached hydrogens (primary N) is 1. The molecule has 2 rings (SSSR count). The second kappa shape index (κ2) is 5.91. The predicted molar refractivity (Wildman–Crippen MR) is 68.9 cm³/mol. The van der Waals surface area contributed by atoms with Crippen molar-refractivity contribution in [1.82, 2.24) is 15.1 Å². The van der Waals surface area contributed by atoms with Crippen LogP contribution in [0.25, 0.3) is 0 Å². The van der Waals surface area contributed by atoms with Gasteiger partial charge in [0.2, 0.25) is 0 Å². The first-order chi connectivity index (χ1) is 8.77. The number of hydrogen-bond acceptors (Lipinski definition) is 4. The van der Waals surface area contributed by atoms with Crippen LogP contribution in [0.5, 0.6) is 0 Å². The van der Waals surface area contributed by atoms with Crippen LogP contribution in [0, 0.1) is 5.92 Å². The van der Waals surface area contributed by atoms with E-state index in [2.05, 4.69) is 10.2 Å². The summed E-state index contributed by atoms with van der Waals surface area (Å²) < 4.78 is 0. The minimum atomic E-state index is 0.0396. The number of amides is 1. The normalized spacial score (nSPS) is 23.0. The summed E-state index contributed by atoms with van der Waals surface area (Å²) in [6.45, 7) is 3.38. The van der Waals surface area contributed by atoms with Crippen molar-refractivity contribution in [1.29, 1.82) is 0 Å². The van der Waals surface area contributed by atoms with Crippen molar-refractivity contribution in [2.45, 2.75) is 32.2 Å². The smallest absolute Gasteiger partial charge is 0.255 e. The van der Waals surface area contributed by atoms with E-state index >= 15 is 0 Å². The van der Waals surface area contributed by atoms with Crippen molar-refractivity contribution >= 4 is 5.91 Å². The summed E-state index contributed by atoms with van der Waals surface area (Å²) in [6.07, 6.45) is 6.41. The topological polar surface area (TPSA) is 72.1 Å². The Labute approximate surface area is 107 Å². The Morgan fingerprint density at radius 1 is 1.50 bits per heavy atom. The van der Waals surface area contributed by atoms with E-state index in [1.54, 1.807) is 12.3 Å². The van der Waals surface area contributed by atoms with Gasteiger partial charge in [0, 0.05) is 12.6 Å². The average Bonchev–Trinajstić information content (AvgIpc) is 2.89. The monoisotopic (exact) mass is 248 g/mol. The molecule has 1 aliphatic rings. The van der Waals surface area contributed by atoms with E-state index in [4.69, 9.17) is 5.73 Å². The molecule has 5 heteroatoms. The lowest BCUT2D eigenvalue weighted by Gasteiger charge is -2.31. The Kier molecular flexibility index (Phi) is 4.25. The molecule has 18 heavy (non-hydrogen) atoms. The van der Waals surface area contributed by atoms with Crippen LogP contribution < -0.4 is 5.73 Å². The zero-order chi connectivity index (χ0) is 13.0. The summed E-state index contributed by atoms with van der Waals surface area (Å²) in [6, 6.07) is 1.99. The first-order valence-corrected chi connectivity index (χ1v) is 6.55. The number of aromatic nitrogens is 2. The van der Waals surface area contributed by atoms with Crippen LogP contribution in [0.3, 0.4) is 0 Å². The van der Waals surface area contributed by atoms with Crippen molar-refractivity contribution in [3.05, 3.63) is 24.0 Å². The van der Waals surface area contributed by atoms with E-state index < -0.39 is 0 Å². The molecule has 0 radical (unpaired) electrons. The first kappa shape index (κ1) is 13.0. The van der Waals surface area contributed by atoms with Crippen LogP contribution in [-0.4, -0.2) is 40.1 Å². The van der Waals surface area contributed by atoms with Crippen LogP contribution in [0.2, 0.25) is 0 Å². The number of carbonyl (C=O) groups excluding carboxylic acids is 1. The zero-order valence-electron chi connectivity index (χ0n) is 10.7. The van der Waals surface area contributed by atoms with Crippen LogP contribution in [0.1, 0.15) is 36.5 Å². The van der Waals surface area contributed by atoms with Crippen molar-refractivity contribution in [3.8, 4) is 0 Å². The third kappa shape index (κ3) is 2.51. The minimum absolute atomic E-state index is 0.0396. The van der Waals surface area contributed by atoms with Crippen molar-refractivity contribution in [2.24, 2.45) is 11.7 Å². The van der Waals surface area contributed by atoms with Gasteiger partial charge in [-0.1, -0.05) is 6.42 Å². The van der Waals surface area contributed by atoms with Crippen LogP contribution in [-0.2, 0) is 0 Å². The van der Waals surface area contributed by atoms with Gasteiger partial charge in [-0.2, -0.15) is 10.2 Å². The van der Waals surface area contributed by atoms with Crippen molar-refractivity contribution in [3.63, 3.8) is 0 Å². The van der Waals surface area contributed by atoms with E-state index in [1.165, 1.54) is 6.20 Å². The van der Waals surface area contributed by atoms with Gasteiger partial charge in [0.05, 0.1) is 18.0 Å². The molecule has 1 amide bonds. The highest BCUT2D eigenvalue weighted by Gasteiger charge is 2.33. The SMILES string of the molecule is CCN(C(=O)c1ccnnc1)C1CCCC1CN. The molecule has 5 nitrogen and oxygen atoms in total. The molecule has 0 spiro atoms. The Hall–Kier alpha value is -1.49. The second-order valence-electron chi connectivity index (χ2n) is 4.72. The Morgan fingerprint density at radius 3 is 2.94 bits per heavy atom. The van der Waals surface area contributed by atoms with E-state index in [9.17, 15) is 4.79 Å². The first-order valence-electron chi connectivity index (χ1n) is 6.55. The van der Waals surface area contributed by atoms with Gasteiger partial charge in [0.25, 0.3) is 5.91 Å². The van der Waals surface area contributed by atoms with Gasteiger partial charge in [-0.3, -0.25) is 4.79 Å². The lowest BCUT2D eigenvalue weighted by atomic mass is 10.0. The highest BCUT2D eigenvalue weighted by atomic mass is 16.2. The Bertz CT molecular complexity index is 395. The standard InChI is InChI=1S/C13H20N4O/c1-2-17(12-5-3-4-10(12)8-14)13(18)11-6-7-15-16-9-11/h6-7,9-10,12H,2-5,8,14H2,1H3. The molecule has 0 aromatic carbocycles. The van der Waals surface area contributed by atoms with E-state index in [1.807, 2.05) is 11.8 Å². The van der Waals surface area contributed by atoms with Crippen molar-refractivity contribution < 1.29 is 4.79 Å². The largest absolute Gasteiger partial charge is 0.336 e. The minimum Gasteiger partial charge on any atom is -0.336 e. The maximum Gasteiger partial charge on any atom is 0.255 e. The summed E-state index contributed by atoms with van der Waals surface area (Å²) in [7, 11) is 0. The van der Waals surface area contributed by atoms with Gasteiger partial charge in [0.15, 0.2) is 0 Å². The van der Waals surface area contributed by atoms with Gasteiger partial charge < -0.3 is 10.6 Å². The third-order valence-electron chi connectivity index (χ3n) is 3.75. The van der Waals surface area contributed by atoms with Gasteiger partial charge in [-0.25, -0.2) is 0 Å². The average molecular weight is 248 g/mol. The summed E-state index contributed by atoms with van der Waals surface area (Å²) >= 11 is 0. The second-order valence-corrected chi connectivity index (χ2v) is 4.72. The fraction of sp³-hybridized carbons (Fsp3) is 0.615. The van der Waals surface area contributed by atoms with Gasteiger partial charge in [-0.05, 0) is 38.3 Å². The molecule has 2 unspecified atom stereocenters. The van der Waals surface area contributed by atoms with Crippen molar-refractivity contribution in [2.75, 3.05) is 13.1 Å². The van der Waals surface area contributed by atoms with E-state index in [0.717, 1.165) is 19.3 Å². The zero-order valence-corrected chi connectivity index (χ0v) is 10.7. The molecule has 1 aliphatic carbocycles. The summed E-state index contributed by atoms with van der Waals surface area (Å²) in [5, 5.41) is 7.47. The molecule has 0 bridgehead atoms. The van der Waals surface area contributed by atoms with Crippen LogP contribution in [0.4, 0.5) is 0 Å². The Balaban J connectivity index is 2.16. The van der Waals surface area contributed by atoms with Gasteiger partial charge in [-0.15, -0.1) is 0 Å². The summed E-state index contributed by atoms with van der Waals surface area (Å²) in [5.74, 6) is 0.474. The Morgan fingerprint density at radius 2 is 2.33 bits per heavy atom. The maximum absolute atomic E-state index is 12.4. The van der Waals surface area contributed by atoms with E-state index in [-0.39, 0.29) is 11.9 Å². The lowest BCUT2D eigenvalue weighted by molar-refractivity contribution is 0.0651. The highest BCUT2D eigenvalue weighted by molar-refractivity contribution is 5.94. The molecule has 1 fully saturated rings. The number of hydrogen-bond donors (Lipinski definition) is 1. The fourth-order valence-electron chi connectivity index (χ4n) is 2.81. The molecule has 2 atom stereocenters. The molecule has 1 aromatic rings. The summed E-state index contributed by atoms with van der Waals surface area (Å²) in [5.41, 5.74) is 6.40. The molecule has 1 aromatic heterocycles. The number of rotatable bonds is 4. The molecule has 2 N–H and O–H groups in total. The lowest BCUT2D eigenvalue weighted by Crippen LogP contribution is -2.44. The van der Waals surface area contributed by atoms with Crippen LogP contribution in [0.15, 0.2) is 18.5 Å². The molecular formula is C13H20N4O. The predicted octanol–water partition coefficient (Wildman–Crippen LogP) is 1.07. The van der Waals surface area contributed by atoms with Crippen LogP contribution >= 0.6 is 0 Å². The maximum atomic E-state index is 12.4.